The molecule has 0 aromatic heterocycles. The van der Waals surface area contributed by atoms with Crippen molar-refractivity contribution in [3.63, 3.8) is 0 Å². The number of carbonyl (C=O) groups is 2. The van der Waals surface area contributed by atoms with Gasteiger partial charge in [0.15, 0.2) is 0 Å². The van der Waals surface area contributed by atoms with Gasteiger partial charge in [-0.1, -0.05) is 30.3 Å². The highest BCUT2D eigenvalue weighted by Crippen LogP contribution is 2.19. The number of benzene rings is 1. The van der Waals surface area contributed by atoms with Gasteiger partial charge in [-0.25, -0.2) is 0 Å². The van der Waals surface area contributed by atoms with Crippen molar-refractivity contribution < 1.29 is 14.7 Å². The lowest BCUT2D eigenvalue weighted by molar-refractivity contribution is -0.138. The maximum Gasteiger partial charge on any atom is 0.243 e. The van der Waals surface area contributed by atoms with Gasteiger partial charge in [0.25, 0.3) is 0 Å². The molecule has 5 heteroatoms. The summed E-state index contributed by atoms with van der Waals surface area (Å²) >= 11 is 0. The molecular weight excluding hydrogens is 292 g/mol. The molecule has 2 atom stereocenters. The van der Waals surface area contributed by atoms with Crippen molar-refractivity contribution in [1.29, 1.82) is 0 Å². The summed E-state index contributed by atoms with van der Waals surface area (Å²) in [6.07, 6.45) is 3.34. The van der Waals surface area contributed by atoms with E-state index < -0.39 is 0 Å². The Kier molecular flexibility index (Phi) is 6.59. The van der Waals surface area contributed by atoms with Crippen LogP contribution in [0.5, 0.6) is 0 Å². The van der Waals surface area contributed by atoms with Crippen molar-refractivity contribution in [2.45, 2.75) is 51.1 Å². The summed E-state index contributed by atoms with van der Waals surface area (Å²) in [7, 11) is 0. The first-order chi connectivity index (χ1) is 11.1. The third-order valence-electron chi connectivity index (χ3n) is 4.26. The van der Waals surface area contributed by atoms with E-state index in [1.807, 2.05) is 37.3 Å². The number of nitrogens with one attached hydrogen (secondary N) is 1. The van der Waals surface area contributed by atoms with Gasteiger partial charge in [0, 0.05) is 19.2 Å². The van der Waals surface area contributed by atoms with Crippen LogP contribution < -0.4 is 5.32 Å². The molecule has 2 amide bonds. The molecular formula is C18H26N2O3. The molecule has 2 N–H and O–H groups in total. The SMILES string of the molecule is CC(CCCO)NC(=O)C1CCCN1C(=O)Cc1ccccc1. The topological polar surface area (TPSA) is 69.6 Å². The largest absolute Gasteiger partial charge is 0.396 e. The zero-order valence-corrected chi connectivity index (χ0v) is 13.7. The summed E-state index contributed by atoms with van der Waals surface area (Å²) in [5.74, 6) is -0.0637. The maximum absolute atomic E-state index is 12.5. The van der Waals surface area contributed by atoms with Crippen LogP contribution in [-0.4, -0.2) is 47.1 Å². The van der Waals surface area contributed by atoms with Gasteiger partial charge >= 0.3 is 0 Å². The Morgan fingerprint density at radius 2 is 2.09 bits per heavy atom. The van der Waals surface area contributed by atoms with E-state index in [4.69, 9.17) is 5.11 Å². The van der Waals surface area contributed by atoms with Gasteiger partial charge < -0.3 is 15.3 Å². The number of hydrogen-bond donors (Lipinski definition) is 2. The van der Waals surface area contributed by atoms with Gasteiger partial charge in [0.05, 0.1) is 6.42 Å². The Bertz CT molecular complexity index is 518. The minimum absolute atomic E-state index is 0.0110. The molecule has 2 rings (SSSR count). The third-order valence-corrected chi connectivity index (χ3v) is 4.26. The van der Waals surface area contributed by atoms with Crippen LogP contribution in [0.25, 0.3) is 0 Å². The zero-order chi connectivity index (χ0) is 16.7. The standard InChI is InChI=1S/C18H26N2O3/c1-14(7-6-12-21)19-18(23)16-10-5-11-20(16)17(22)13-15-8-3-2-4-9-15/h2-4,8-9,14,16,21H,5-7,10-13H2,1H3,(H,19,23). The van der Waals surface area contributed by atoms with E-state index in [1.54, 1.807) is 4.90 Å². The normalized spacial score (nSPS) is 18.7. The molecule has 0 saturated carbocycles. The van der Waals surface area contributed by atoms with Crippen LogP contribution in [0.4, 0.5) is 0 Å². The molecule has 0 aliphatic carbocycles. The second-order valence-electron chi connectivity index (χ2n) is 6.18. The highest BCUT2D eigenvalue weighted by Gasteiger charge is 2.34. The molecule has 1 saturated heterocycles. The molecule has 5 nitrogen and oxygen atoms in total. The van der Waals surface area contributed by atoms with Gasteiger partial charge in [-0.15, -0.1) is 0 Å². The highest BCUT2D eigenvalue weighted by atomic mass is 16.3. The molecule has 126 valence electrons. The molecule has 1 aromatic carbocycles. The molecule has 1 fully saturated rings. The van der Waals surface area contributed by atoms with E-state index in [1.165, 1.54) is 0 Å². The predicted octanol–water partition coefficient (Wildman–Crippen LogP) is 1.50. The Hall–Kier alpha value is -1.88. The number of carbonyl (C=O) groups excluding carboxylic acids is 2. The minimum Gasteiger partial charge on any atom is -0.396 e. The Balaban J connectivity index is 1.91. The quantitative estimate of drug-likeness (QED) is 0.800. The molecule has 0 bridgehead atoms. The molecule has 1 aromatic rings. The second kappa shape index (κ2) is 8.67. The lowest BCUT2D eigenvalue weighted by atomic mass is 10.1. The van der Waals surface area contributed by atoms with E-state index in [0.29, 0.717) is 19.4 Å². The van der Waals surface area contributed by atoms with Crippen LogP contribution in [0.3, 0.4) is 0 Å². The van der Waals surface area contributed by atoms with E-state index in [2.05, 4.69) is 5.32 Å². The Morgan fingerprint density at radius 1 is 1.35 bits per heavy atom. The van der Waals surface area contributed by atoms with Crippen LogP contribution in [0.1, 0.15) is 38.2 Å². The maximum atomic E-state index is 12.5. The number of hydrogen-bond acceptors (Lipinski definition) is 3. The summed E-state index contributed by atoms with van der Waals surface area (Å²) in [5.41, 5.74) is 0.972. The minimum atomic E-state index is -0.359. The average molecular weight is 318 g/mol. The van der Waals surface area contributed by atoms with Gasteiger partial charge in [-0.2, -0.15) is 0 Å². The van der Waals surface area contributed by atoms with Crippen LogP contribution in [-0.2, 0) is 16.0 Å². The fourth-order valence-electron chi connectivity index (χ4n) is 3.02. The number of nitrogens with zero attached hydrogens (tertiary/aromatic N) is 1. The van der Waals surface area contributed by atoms with E-state index >= 15 is 0 Å². The van der Waals surface area contributed by atoms with E-state index in [9.17, 15) is 9.59 Å². The third kappa shape index (κ3) is 5.06. The molecule has 23 heavy (non-hydrogen) atoms. The monoisotopic (exact) mass is 318 g/mol. The fraction of sp³-hybridized carbons (Fsp3) is 0.556. The molecule has 1 aliphatic rings. The van der Waals surface area contributed by atoms with Gasteiger partial charge in [-0.05, 0) is 38.2 Å². The van der Waals surface area contributed by atoms with Crippen LogP contribution in [0, 0.1) is 0 Å². The van der Waals surface area contributed by atoms with Crippen LogP contribution in [0.15, 0.2) is 30.3 Å². The predicted molar refractivity (Wildman–Crippen MR) is 88.8 cm³/mol. The van der Waals surface area contributed by atoms with Crippen molar-refractivity contribution >= 4 is 11.8 Å². The number of rotatable bonds is 7. The van der Waals surface area contributed by atoms with Crippen molar-refractivity contribution in [2.75, 3.05) is 13.2 Å². The van der Waals surface area contributed by atoms with Gasteiger partial charge in [0.2, 0.25) is 11.8 Å². The van der Waals surface area contributed by atoms with Crippen molar-refractivity contribution in [2.24, 2.45) is 0 Å². The first kappa shape index (κ1) is 17.5. The molecule has 2 unspecified atom stereocenters. The summed E-state index contributed by atoms with van der Waals surface area (Å²) in [5, 5.41) is 11.8. The zero-order valence-electron chi connectivity index (χ0n) is 13.7. The Labute approximate surface area is 137 Å². The molecule has 1 heterocycles. The first-order valence-corrected chi connectivity index (χ1v) is 8.36. The average Bonchev–Trinajstić information content (AvgIpc) is 3.03. The number of amides is 2. The summed E-state index contributed by atoms with van der Waals surface area (Å²) in [6.45, 7) is 2.71. The van der Waals surface area contributed by atoms with Crippen molar-refractivity contribution in [3.05, 3.63) is 35.9 Å². The highest BCUT2D eigenvalue weighted by molar-refractivity contribution is 5.89. The lowest BCUT2D eigenvalue weighted by Crippen LogP contribution is -2.48. The number of likely N-dealkylation sites (tertiary alicyclic amines) is 1. The second-order valence-corrected chi connectivity index (χ2v) is 6.18. The smallest absolute Gasteiger partial charge is 0.243 e. The first-order valence-electron chi connectivity index (χ1n) is 8.36. The lowest BCUT2D eigenvalue weighted by Gasteiger charge is -2.25. The van der Waals surface area contributed by atoms with Gasteiger partial charge in [-0.3, -0.25) is 9.59 Å². The number of aliphatic hydroxyl groups is 1. The van der Waals surface area contributed by atoms with Gasteiger partial charge in [0.1, 0.15) is 6.04 Å². The summed E-state index contributed by atoms with van der Waals surface area (Å²) in [6, 6.07) is 9.27. The van der Waals surface area contributed by atoms with Crippen LogP contribution >= 0.6 is 0 Å². The molecule has 1 aliphatic heterocycles. The van der Waals surface area contributed by atoms with E-state index in [0.717, 1.165) is 24.8 Å². The number of aliphatic hydroxyl groups excluding tert-OH is 1. The Morgan fingerprint density at radius 3 is 2.78 bits per heavy atom. The van der Waals surface area contributed by atoms with E-state index in [-0.39, 0.29) is 30.5 Å². The summed E-state index contributed by atoms with van der Waals surface area (Å²) < 4.78 is 0. The van der Waals surface area contributed by atoms with Crippen molar-refractivity contribution in [3.8, 4) is 0 Å². The summed E-state index contributed by atoms with van der Waals surface area (Å²) in [4.78, 5) is 26.6. The fourth-order valence-corrected chi connectivity index (χ4v) is 3.02. The molecule has 0 radical (unpaired) electrons. The van der Waals surface area contributed by atoms with Crippen LogP contribution in [0.2, 0.25) is 0 Å². The van der Waals surface area contributed by atoms with Crippen molar-refractivity contribution in [1.82, 2.24) is 10.2 Å². The molecule has 0 spiro atoms.